The fourth-order valence-electron chi connectivity index (χ4n) is 3.39. The summed E-state index contributed by atoms with van der Waals surface area (Å²) in [6.07, 6.45) is 0.600. The Balaban J connectivity index is 2.00. The number of methoxy groups -OCH3 is 2. The van der Waals surface area contributed by atoms with Crippen LogP contribution in [0.1, 0.15) is 30.5 Å². The van der Waals surface area contributed by atoms with E-state index in [0.717, 1.165) is 34.9 Å². The number of benzene rings is 2. The average Bonchev–Trinajstić information content (AvgIpc) is 3.18. The molecule has 3 rings (SSSR count). The van der Waals surface area contributed by atoms with Crippen molar-refractivity contribution in [3.63, 3.8) is 0 Å². The van der Waals surface area contributed by atoms with Crippen LogP contribution >= 0.6 is 0 Å². The predicted molar refractivity (Wildman–Crippen MR) is 110 cm³/mol. The van der Waals surface area contributed by atoms with E-state index in [0.29, 0.717) is 13.0 Å². The molecule has 1 atom stereocenters. The first kappa shape index (κ1) is 19.9. The normalized spacial score (nSPS) is 16.2. The van der Waals surface area contributed by atoms with E-state index in [-0.39, 0.29) is 11.9 Å². The van der Waals surface area contributed by atoms with Crippen molar-refractivity contribution in [3.05, 3.63) is 59.7 Å². The number of hydrazone groups is 1. The zero-order chi connectivity index (χ0) is 20.1. The largest absolute Gasteiger partial charge is 0.496 e. The van der Waals surface area contributed by atoms with E-state index in [1.165, 1.54) is 0 Å². The highest BCUT2D eigenvalue weighted by Gasteiger charge is 2.35. The lowest BCUT2D eigenvalue weighted by atomic mass is 9.97. The Kier molecular flexibility index (Phi) is 6.31. The Morgan fingerprint density at radius 1 is 1.11 bits per heavy atom. The third-order valence-electron chi connectivity index (χ3n) is 5.03. The quantitative estimate of drug-likeness (QED) is 0.738. The first-order chi connectivity index (χ1) is 13.6. The van der Waals surface area contributed by atoms with Crippen LogP contribution < -0.4 is 9.47 Å². The molecule has 0 aromatic heterocycles. The summed E-state index contributed by atoms with van der Waals surface area (Å²) in [7, 11) is 5.22. The van der Waals surface area contributed by atoms with E-state index in [1.807, 2.05) is 67.4 Å². The maximum Gasteiger partial charge on any atom is 0.257 e. The number of para-hydroxylation sites is 2. The van der Waals surface area contributed by atoms with Crippen molar-refractivity contribution in [1.82, 2.24) is 9.91 Å². The van der Waals surface area contributed by atoms with E-state index in [9.17, 15) is 4.79 Å². The van der Waals surface area contributed by atoms with Gasteiger partial charge in [-0.1, -0.05) is 37.3 Å². The second kappa shape index (κ2) is 8.89. The molecule has 1 amide bonds. The van der Waals surface area contributed by atoms with Gasteiger partial charge in [0, 0.05) is 17.5 Å². The fourth-order valence-corrected chi connectivity index (χ4v) is 3.39. The summed E-state index contributed by atoms with van der Waals surface area (Å²) in [5.41, 5.74) is 2.69. The second-order valence-electron chi connectivity index (χ2n) is 6.78. The van der Waals surface area contributed by atoms with Gasteiger partial charge in [-0.2, -0.15) is 5.10 Å². The smallest absolute Gasteiger partial charge is 0.257 e. The number of likely N-dealkylation sites (N-methyl/N-ethyl adjacent to an activating group) is 1. The minimum absolute atomic E-state index is 0.0369. The summed E-state index contributed by atoms with van der Waals surface area (Å²) >= 11 is 0. The SMILES string of the molecule is CCN(C)CC(=O)N1N=C(c2ccccc2OC)CC1c1ccccc1OC. The van der Waals surface area contributed by atoms with E-state index >= 15 is 0 Å². The van der Waals surface area contributed by atoms with E-state index in [1.54, 1.807) is 19.2 Å². The van der Waals surface area contributed by atoms with Crippen molar-refractivity contribution in [3.8, 4) is 11.5 Å². The van der Waals surface area contributed by atoms with Crippen LogP contribution in [0.3, 0.4) is 0 Å². The van der Waals surface area contributed by atoms with Gasteiger partial charge in [0.25, 0.3) is 5.91 Å². The molecule has 1 heterocycles. The number of rotatable bonds is 7. The van der Waals surface area contributed by atoms with Crippen molar-refractivity contribution in [2.45, 2.75) is 19.4 Å². The summed E-state index contributed by atoms with van der Waals surface area (Å²) < 4.78 is 11.1. The number of hydrogen-bond donors (Lipinski definition) is 0. The van der Waals surface area contributed by atoms with Crippen LogP contribution in [0.15, 0.2) is 53.6 Å². The van der Waals surface area contributed by atoms with Gasteiger partial charge < -0.3 is 9.47 Å². The number of nitrogens with zero attached hydrogens (tertiary/aromatic N) is 3. The van der Waals surface area contributed by atoms with Gasteiger partial charge >= 0.3 is 0 Å². The van der Waals surface area contributed by atoms with Gasteiger partial charge in [-0.25, -0.2) is 5.01 Å². The second-order valence-corrected chi connectivity index (χ2v) is 6.78. The van der Waals surface area contributed by atoms with Crippen LogP contribution in [0, 0.1) is 0 Å². The Hall–Kier alpha value is -2.86. The third kappa shape index (κ3) is 4.02. The molecule has 0 bridgehead atoms. The van der Waals surface area contributed by atoms with Crippen molar-refractivity contribution in [2.24, 2.45) is 5.10 Å². The maximum atomic E-state index is 13.0. The van der Waals surface area contributed by atoms with Crippen LogP contribution in [-0.4, -0.2) is 55.9 Å². The van der Waals surface area contributed by atoms with Crippen LogP contribution in [0.5, 0.6) is 11.5 Å². The van der Waals surface area contributed by atoms with E-state index in [4.69, 9.17) is 14.6 Å². The molecule has 0 saturated carbocycles. The minimum Gasteiger partial charge on any atom is -0.496 e. The molecule has 28 heavy (non-hydrogen) atoms. The van der Waals surface area contributed by atoms with Gasteiger partial charge in [-0.3, -0.25) is 9.69 Å². The third-order valence-corrected chi connectivity index (χ3v) is 5.03. The molecule has 0 spiro atoms. The fraction of sp³-hybridized carbons (Fsp3) is 0.364. The summed E-state index contributed by atoms with van der Waals surface area (Å²) in [6, 6.07) is 15.3. The standard InChI is InChI=1S/C22H27N3O3/c1-5-24(2)15-22(26)25-19(17-11-7-9-13-21(17)28-4)14-18(23-25)16-10-6-8-12-20(16)27-3/h6-13,19H,5,14-15H2,1-4H3. The van der Waals surface area contributed by atoms with Gasteiger partial charge in [0.05, 0.1) is 32.5 Å². The van der Waals surface area contributed by atoms with Crippen LogP contribution in [0.4, 0.5) is 0 Å². The van der Waals surface area contributed by atoms with Crippen molar-refractivity contribution in [2.75, 3.05) is 34.4 Å². The van der Waals surface area contributed by atoms with Crippen molar-refractivity contribution < 1.29 is 14.3 Å². The lowest BCUT2D eigenvalue weighted by molar-refractivity contribution is -0.133. The molecule has 2 aromatic rings. The van der Waals surface area contributed by atoms with Crippen LogP contribution in [0.2, 0.25) is 0 Å². The molecule has 0 saturated heterocycles. The van der Waals surface area contributed by atoms with E-state index in [2.05, 4.69) is 0 Å². The summed E-state index contributed by atoms with van der Waals surface area (Å²) in [5.74, 6) is 1.47. The summed E-state index contributed by atoms with van der Waals surface area (Å²) in [4.78, 5) is 15.0. The van der Waals surface area contributed by atoms with Crippen molar-refractivity contribution in [1.29, 1.82) is 0 Å². The minimum atomic E-state index is -0.214. The highest BCUT2D eigenvalue weighted by Crippen LogP contribution is 2.38. The predicted octanol–water partition coefficient (Wildman–Crippen LogP) is 3.33. The van der Waals surface area contributed by atoms with Crippen molar-refractivity contribution >= 4 is 11.6 Å². The number of carbonyl (C=O) groups excluding carboxylic acids is 1. The number of ether oxygens (including phenoxy) is 2. The molecule has 0 radical (unpaired) electrons. The number of hydrogen-bond acceptors (Lipinski definition) is 5. The Morgan fingerprint density at radius 2 is 1.75 bits per heavy atom. The summed E-state index contributed by atoms with van der Waals surface area (Å²) in [5, 5.41) is 6.33. The Labute approximate surface area is 166 Å². The highest BCUT2D eigenvalue weighted by atomic mass is 16.5. The molecule has 1 unspecified atom stereocenters. The summed E-state index contributed by atoms with van der Waals surface area (Å²) in [6.45, 7) is 3.13. The molecule has 0 fully saturated rings. The van der Waals surface area contributed by atoms with Gasteiger partial charge in [-0.05, 0) is 31.8 Å². The Bertz CT molecular complexity index is 866. The van der Waals surface area contributed by atoms with Gasteiger partial charge in [-0.15, -0.1) is 0 Å². The first-order valence-corrected chi connectivity index (χ1v) is 9.43. The van der Waals surface area contributed by atoms with Crippen LogP contribution in [0.25, 0.3) is 0 Å². The topological polar surface area (TPSA) is 54.4 Å². The zero-order valence-corrected chi connectivity index (χ0v) is 16.9. The molecule has 1 aliphatic heterocycles. The zero-order valence-electron chi connectivity index (χ0n) is 16.9. The lowest BCUT2D eigenvalue weighted by Crippen LogP contribution is -2.36. The maximum absolute atomic E-state index is 13.0. The molecule has 0 aliphatic carbocycles. The molecule has 0 N–H and O–H groups in total. The first-order valence-electron chi connectivity index (χ1n) is 9.43. The average molecular weight is 381 g/mol. The van der Waals surface area contributed by atoms with Gasteiger partial charge in [0.1, 0.15) is 11.5 Å². The number of carbonyl (C=O) groups is 1. The molecular weight excluding hydrogens is 354 g/mol. The molecule has 148 valence electrons. The molecule has 1 aliphatic rings. The molecule has 2 aromatic carbocycles. The molecule has 6 heteroatoms. The van der Waals surface area contributed by atoms with Crippen LogP contribution in [-0.2, 0) is 4.79 Å². The highest BCUT2D eigenvalue weighted by molar-refractivity contribution is 6.05. The van der Waals surface area contributed by atoms with Gasteiger partial charge in [0.2, 0.25) is 0 Å². The monoisotopic (exact) mass is 381 g/mol. The lowest BCUT2D eigenvalue weighted by Gasteiger charge is -2.25. The molecular formula is C22H27N3O3. The molecule has 6 nitrogen and oxygen atoms in total. The van der Waals surface area contributed by atoms with E-state index < -0.39 is 0 Å². The number of amides is 1. The Morgan fingerprint density at radius 3 is 2.43 bits per heavy atom. The van der Waals surface area contributed by atoms with Gasteiger partial charge in [0.15, 0.2) is 0 Å².